The standard InChI is InChI=1S/C21H22FNO5S/c1-14-5-11-18(12-6-14)29(26,27)23-13-3-4-19(23)21(25)28-15(2)20(24)16-7-9-17(22)10-8-16/h5-12,15,19H,3-4,13H2,1-2H3/t15-,19-/m0/s1. The summed E-state index contributed by atoms with van der Waals surface area (Å²) in [5, 5.41) is 0. The quantitative estimate of drug-likeness (QED) is 0.531. The minimum Gasteiger partial charge on any atom is -0.453 e. The molecule has 0 aliphatic carbocycles. The summed E-state index contributed by atoms with van der Waals surface area (Å²) >= 11 is 0. The zero-order valence-corrected chi connectivity index (χ0v) is 17.0. The Kier molecular flexibility index (Phi) is 6.14. The fourth-order valence-electron chi connectivity index (χ4n) is 3.26. The molecular weight excluding hydrogens is 397 g/mol. The Hall–Kier alpha value is -2.58. The van der Waals surface area contributed by atoms with Crippen LogP contribution in [0.3, 0.4) is 0 Å². The molecular formula is C21H22FNO5S. The van der Waals surface area contributed by atoms with E-state index in [-0.39, 0.29) is 17.0 Å². The van der Waals surface area contributed by atoms with Gasteiger partial charge in [0.2, 0.25) is 15.8 Å². The molecule has 0 saturated carbocycles. The van der Waals surface area contributed by atoms with Gasteiger partial charge in [-0.3, -0.25) is 9.59 Å². The third-order valence-corrected chi connectivity index (χ3v) is 6.82. The lowest BCUT2D eigenvalue weighted by Gasteiger charge is -2.24. The fourth-order valence-corrected chi connectivity index (χ4v) is 4.91. The molecule has 2 atom stereocenters. The van der Waals surface area contributed by atoms with Crippen LogP contribution in [0.1, 0.15) is 35.7 Å². The third kappa shape index (κ3) is 4.54. The molecule has 6 nitrogen and oxygen atoms in total. The predicted molar refractivity (Wildman–Crippen MR) is 104 cm³/mol. The van der Waals surface area contributed by atoms with E-state index >= 15 is 0 Å². The zero-order valence-electron chi connectivity index (χ0n) is 16.2. The van der Waals surface area contributed by atoms with Crippen molar-refractivity contribution in [1.82, 2.24) is 4.31 Å². The number of Topliss-reactive ketones (excluding diaryl/α,β-unsaturated/α-hetero) is 1. The number of carbonyl (C=O) groups excluding carboxylic acids is 2. The Balaban J connectivity index is 1.73. The number of aryl methyl sites for hydroxylation is 1. The lowest BCUT2D eigenvalue weighted by Crippen LogP contribution is -2.43. The first-order valence-corrected chi connectivity index (χ1v) is 10.7. The highest BCUT2D eigenvalue weighted by Crippen LogP contribution is 2.27. The van der Waals surface area contributed by atoms with Gasteiger partial charge in [-0.1, -0.05) is 17.7 Å². The van der Waals surface area contributed by atoms with E-state index in [9.17, 15) is 22.4 Å². The maximum Gasteiger partial charge on any atom is 0.325 e. The summed E-state index contributed by atoms with van der Waals surface area (Å²) in [7, 11) is -3.86. The van der Waals surface area contributed by atoms with Crippen molar-refractivity contribution in [3.63, 3.8) is 0 Å². The topological polar surface area (TPSA) is 80.8 Å². The van der Waals surface area contributed by atoms with Crippen LogP contribution in [0.25, 0.3) is 0 Å². The van der Waals surface area contributed by atoms with E-state index in [0.29, 0.717) is 12.8 Å². The van der Waals surface area contributed by atoms with Crippen LogP contribution in [-0.2, 0) is 19.6 Å². The number of sulfonamides is 1. The monoisotopic (exact) mass is 419 g/mol. The van der Waals surface area contributed by atoms with Crippen LogP contribution >= 0.6 is 0 Å². The number of carbonyl (C=O) groups is 2. The highest BCUT2D eigenvalue weighted by atomic mass is 32.2. The van der Waals surface area contributed by atoms with Gasteiger partial charge in [-0.15, -0.1) is 0 Å². The predicted octanol–water partition coefficient (Wildman–Crippen LogP) is 3.10. The highest BCUT2D eigenvalue weighted by Gasteiger charge is 2.41. The molecule has 0 N–H and O–H groups in total. The van der Waals surface area contributed by atoms with Crippen molar-refractivity contribution < 1.29 is 27.1 Å². The van der Waals surface area contributed by atoms with Gasteiger partial charge in [0.25, 0.3) is 0 Å². The lowest BCUT2D eigenvalue weighted by molar-refractivity contribution is -0.150. The van der Waals surface area contributed by atoms with Gasteiger partial charge in [0.05, 0.1) is 4.90 Å². The Morgan fingerprint density at radius 2 is 1.72 bits per heavy atom. The summed E-state index contributed by atoms with van der Waals surface area (Å²) in [6.45, 7) is 3.47. The molecule has 0 bridgehead atoms. The van der Waals surface area contributed by atoms with Gasteiger partial charge < -0.3 is 4.74 Å². The Morgan fingerprint density at radius 1 is 1.10 bits per heavy atom. The van der Waals surface area contributed by atoms with E-state index in [2.05, 4.69) is 0 Å². The SMILES string of the molecule is Cc1ccc(S(=O)(=O)N2CCC[C@H]2C(=O)O[C@@H](C)C(=O)c2ccc(F)cc2)cc1. The van der Waals surface area contributed by atoms with Gasteiger partial charge in [-0.05, 0) is 63.1 Å². The number of rotatable bonds is 6. The van der Waals surface area contributed by atoms with Crippen molar-refractivity contribution in [2.75, 3.05) is 6.54 Å². The molecule has 1 aliphatic heterocycles. The van der Waals surface area contributed by atoms with Gasteiger partial charge >= 0.3 is 5.97 Å². The zero-order chi connectivity index (χ0) is 21.2. The molecule has 0 unspecified atom stereocenters. The van der Waals surface area contributed by atoms with Crippen LogP contribution in [0, 0.1) is 12.7 Å². The van der Waals surface area contributed by atoms with E-state index in [1.54, 1.807) is 12.1 Å². The lowest BCUT2D eigenvalue weighted by atomic mass is 10.1. The number of halogens is 1. The Bertz CT molecular complexity index is 1000. The molecule has 0 aromatic heterocycles. The minimum atomic E-state index is -3.86. The highest BCUT2D eigenvalue weighted by molar-refractivity contribution is 7.89. The number of ketones is 1. The van der Waals surface area contributed by atoms with Gasteiger partial charge in [-0.2, -0.15) is 4.31 Å². The molecule has 0 amide bonds. The number of ether oxygens (including phenoxy) is 1. The molecule has 1 aliphatic rings. The van der Waals surface area contributed by atoms with Gasteiger partial charge in [0.15, 0.2) is 6.10 Å². The Labute approximate surface area is 169 Å². The number of hydrogen-bond acceptors (Lipinski definition) is 5. The second-order valence-corrected chi connectivity index (χ2v) is 8.93. The van der Waals surface area contributed by atoms with Gasteiger partial charge in [0, 0.05) is 12.1 Å². The van der Waals surface area contributed by atoms with Crippen LogP contribution in [0.5, 0.6) is 0 Å². The first-order chi connectivity index (χ1) is 13.7. The largest absolute Gasteiger partial charge is 0.453 e. The number of hydrogen-bond donors (Lipinski definition) is 0. The normalized spacial score (nSPS) is 18.4. The van der Waals surface area contributed by atoms with Crippen molar-refractivity contribution >= 4 is 21.8 Å². The van der Waals surface area contributed by atoms with Crippen molar-refractivity contribution in [1.29, 1.82) is 0 Å². The number of benzene rings is 2. The average molecular weight is 419 g/mol. The smallest absolute Gasteiger partial charge is 0.325 e. The van der Waals surface area contributed by atoms with Crippen molar-refractivity contribution in [2.24, 2.45) is 0 Å². The number of esters is 1. The summed E-state index contributed by atoms with van der Waals surface area (Å²) in [5.41, 5.74) is 1.14. The minimum absolute atomic E-state index is 0.109. The molecule has 1 fully saturated rings. The van der Waals surface area contributed by atoms with Crippen molar-refractivity contribution in [3.8, 4) is 0 Å². The first-order valence-electron chi connectivity index (χ1n) is 9.29. The van der Waals surface area contributed by atoms with Crippen molar-refractivity contribution in [3.05, 3.63) is 65.5 Å². The molecule has 29 heavy (non-hydrogen) atoms. The molecule has 0 radical (unpaired) electrons. The molecule has 0 spiro atoms. The van der Waals surface area contributed by atoms with Crippen LogP contribution in [0.2, 0.25) is 0 Å². The van der Waals surface area contributed by atoms with Crippen LogP contribution in [0.4, 0.5) is 4.39 Å². The fraction of sp³-hybridized carbons (Fsp3) is 0.333. The number of nitrogens with zero attached hydrogens (tertiary/aromatic N) is 1. The van der Waals surface area contributed by atoms with E-state index in [1.807, 2.05) is 6.92 Å². The van der Waals surface area contributed by atoms with Crippen LogP contribution in [-0.4, -0.2) is 43.2 Å². The van der Waals surface area contributed by atoms with Gasteiger partial charge in [-0.25, -0.2) is 12.8 Å². The summed E-state index contributed by atoms with van der Waals surface area (Å²) in [5.74, 6) is -1.72. The van der Waals surface area contributed by atoms with Gasteiger partial charge in [0.1, 0.15) is 11.9 Å². The summed E-state index contributed by atoms with van der Waals surface area (Å²) in [6.07, 6.45) is -0.274. The summed E-state index contributed by atoms with van der Waals surface area (Å²) in [4.78, 5) is 25.2. The average Bonchev–Trinajstić information content (AvgIpc) is 3.19. The maximum absolute atomic E-state index is 13.0. The molecule has 1 saturated heterocycles. The summed E-state index contributed by atoms with van der Waals surface area (Å²) < 4.78 is 45.3. The molecule has 2 aromatic carbocycles. The maximum atomic E-state index is 13.0. The van der Waals surface area contributed by atoms with E-state index in [0.717, 1.165) is 22.0 Å². The van der Waals surface area contributed by atoms with E-state index in [4.69, 9.17) is 4.74 Å². The van der Waals surface area contributed by atoms with E-state index < -0.39 is 39.7 Å². The van der Waals surface area contributed by atoms with E-state index in [1.165, 1.54) is 31.2 Å². The molecule has 1 heterocycles. The van der Waals surface area contributed by atoms with Crippen molar-refractivity contribution in [2.45, 2.75) is 43.7 Å². The molecule has 3 rings (SSSR count). The molecule has 2 aromatic rings. The molecule has 8 heteroatoms. The van der Waals surface area contributed by atoms with Crippen LogP contribution in [0.15, 0.2) is 53.4 Å². The second kappa shape index (κ2) is 8.42. The van der Waals surface area contributed by atoms with Crippen LogP contribution < -0.4 is 0 Å². The first kappa shape index (κ1) is 21.1. The third-order valence-electron chi connectivity index (χ3n) is 4.89. The summed E-state index contributed by atoms with van der Waals surface area (Å²) in [6, 6.07) is 10.3. The second-order valence-electron chi connectivity index (χ2n) is 7.04. The molecule has 154 valence electrons. The Morgan fingerprint density at radius 3 is 2.34 bits per heavy atom.